The van der Waals surface area contributed by atoms with Gasteiger partial charge in [0.25, 0.3) is 0 Å². The van der Waals surface area contributed by atoms with Gasteiger partial charge in [-0.25, -0.2) is 0 Å². The van der Waals surface area contributed by atoms with Crippen LogP contribution in [0.15, 0.2) is 11.4 Å². The fourth-order valence-electron chi connectivity index (χ4n) is 2.14. The smallest absolute Gasteiger partial charge is 0.240 e. The van der Waals surface area contributed by atoms with Crippen molar-refractivity contribution in [1.29, 1.82) is 0 Å². The minimum Gasteiger partial charge on any atom is -0.337 e. The molecule has 17 heavy (non-hydrogen) atoms. The van der Waals surface area contributed by atoms with E-state index in [0.717, 1.165) is 25.9 Å². The van der Waals surface area contributed by atoms with Crippen LogP contribution in [0.25, 0.3) is 0 Å². The monoisotopic (exact) mass is 252 g/mol. The Morgan fingerprint density at radius 2 is 2.41 bits per heavy atom. The highest BCUT2D eigenvalue weighted by atomic mass is 32.1. The van der Waals surface area contributed by atoms with E-state index in [9.17, 15) is 4.79 Å². The van der Waals surface area contributed by atoms with Crippen molar-refractivity contribution in [3.8, 4) is 0 Å². The molecule has 3 nitrogen and oxygen atoms in total. The number of rotatable bonds is 3. The second kappa shape index (κ2) is 5.19. The van der Waals surface area contributed by atoms with Crippen molar-refractivity contribution in [2.45, 2.75) is 39.3 Å². The molecule has 94 valence electrons. The highest BCUT2D eigenvalue weighted by Gasteiger charge is 2.27. The molecule has 1 aromatic heterocycles. The molecule has 1 aliphatic heterocycles. The Bertz CT molecular complexity index is 402. The van der Waals surface area contributed by atoms with E-state index in [4.69, 9.17) is 5.73 Å². The Kier molecular flexibility index (Phi) is 3.84. The van der Waals surface area contributed by atoms with Gasteiger partial charge in [0, 0.05) is 18.0 Å². The van der Waals surface area contributed by atoms with E-state index < -0.39 is 0 Å². The molecule has 2 heterocycles. The summed E-state index contributed by atoms with van der Waals surface area (Å²) in [7, 11) is 0. The average molecular weight is 252 g/mol. The van der Waals surface area contributed by atoms with Gasteiger partial charge in [0.2, 0.25) is 5.91 Å². The highest BCUT2D eigenvalue weighted by Crippen LogP contribution is 2.24. The average Bonchev–Trinajstić information content (AvgIpc) is 2.83. The van der Waals surface area contributed by atoms with Gasteiger partial charge in [0.15, 0.2) is 0 Å². The molecular weight excluding hydrogens is 232 g/mol. The van der Waals surface area contributed by atoms with Crippen molar-refractivity contribution in [3.63, 3.8) is 0 Å². The van der Waals surface area contributed by atoms with Crippen LogP contribution >= 0.6 is 11.3 Å². The fourth-order valence-corrected chi connectivity index (χ4v) is 3.03. The lowest BCUT2D eigenvalue weighted by atomic mass is 9.98. The summed E-state index contributed by atoms with van der Waals surface area (Å²) in [5.41, 5.74) is 7.31. The molecule has 0 bridgehead atoms. The van der Waals surface area contributed by atoms with E-state index in [1.807, 2.05) is 11.8 Å². The molecule has 1 aromatic rings. The standard InChI is InChI=1S/C13H20N2OS/c1-3-9(2)12(14)13(16)15-6-4-11-10(8-15)5-7-17-11/h5,7,9,12H,3-4,6,8,14H2,1-2H3. The summed E-state index contributed by atoms with van der Waals surface area (Å²) in [5.74, 6) is 0.363. The number of nitrogens with zero attached hydrogens (tertiary/aromatic N) is 1. The van der Waals surface area contributed by atoms with Crippen LogP contribution in [0.1, 0.15) is 30.7 Å². The molecule has 2 N–H and O–H groups in total. The lowest BCUT2D eigenvalue weighted by Crippen LogP contribution is -2.48. The lowest BCUT2D eigenvalue weighted by Gasteiger charge is -2.31. The van der Waals surface area contributed by atoms with Crippen LogP contribution in [-0.2, 0) is 17.8 Å². The fraction of sp³-hybridized carbons (Fsp3) is 0.615. The highest BCUT2D eigenvalue weighted by molar-refractivity contribution is 7.10. The Labute approximate surface area is 107 Å². The maximum absolute atomic E-state index is 12.2. The first-order chi connectivity index (χ1) is 8.13. The predicted octanol–water partition coefficient (Wildman–Crippen LogP) is 2.01. The van der Waals surface area contributed by atoms with Gasteiger partial charge in [-0.05, 0) is 29.3 Å². The quantitative estimate of drug-likeness (QED) is 0.894. The first kappa shape index (κ1) is 12.6. The molecule has 0 saturated heterocycles. The molecule has 2 atom stereocenters. The topological polar surface area (TPSA) is 46.3 Å². The zero-order valence-corrected chi connectivity index (χ0v) is 11.3. The maximum Gasteiger partial charge on any atom is 0.240 e. The van der Waals surface area contributed by atoms with Crippen LogP contribution in [0.2, 0.25) is 0 Å². The van der Waals surface area contributed by atoms with Gasteiger partial charge < -0.3 is 10.6 Å². The third-order valence-corrected chi connectivity index (χ3v) is 4.68. The zero-order valence-electron chi connectivity index (χ0n) is 10.5. The number of thiophene rings is 1. The van der Waals surface area contributed by atoms with Crippen LogP contribution in [0.3, 0.4) is 0 Å². The van der Waals surface area contributed by atoms with Crippen molar-refractivity contribution in [2.75, 3.05) is 6.54 Å². The molecule has 1 aliphatic rings. The van der Waals surface area contributed by atoms with Crippen molar-refractivity contribution >= 4 is 17.2 Å². The van der Waals surface area contributed by atoms with Gasteiger partial charge in [-0.2, -0.15) is 0 Å². The minimum absolute atomic E-state index is 0.108. The first-order valence-electron chi connectivity index (χ1n) is 6.23. The van der Waals surface area contributed by atoms with E-state index in [-0.39, 0.29) is 17.9 Å². The number of carbonyl (C=O) groups is 1. The summed E-state index contributed by atoms with van der Waals surface area (Å²) in [6.07, 6.45) is 1.93. The molecule has 0 saturated carbocycles. The summed E-state index contributed by atoms with van der Waals surface area (Å²) in [6, 6.07) is 1.77. The summed E-state index contributed by atoms with van der Waals surface area (Å²) in [4.78, 5) is 15.6. The van der Waals surface area contributed by atoms with Gasteiger partial charge in [0.1, 0.15) is 0 Å². The van der Waals surface area contributed by atoms with Gasteiger partial charge in [0.05, 0.1) is 6.04 Å². The number of hydrogen-bond acceptors (Lipinski definition) is 3. The van der Waals surface area contributed by atoms with Gasteiger partial charge in [-0.1, -0.05) is 20.3 Å². The second-order valence-corrected chi connectivity index (χ2v) is 5.79. The molecule has 2 rings (SSSR count). The van der Waals surface area contributed by atoms with E-state index >= 15 is 0 Å². The normalized spacial score (nSPS) is 18.6. The molecular formula is C13H20N2OS. The molecule has 4 heteroatoms. The SMILES string of the molecule is CCC(C)C(N)C(=O)N1CCc2sccc2C1. The Balaban J connectivity index is 2.03. The largest absolute Gasteiger partial charge is 0.337 e. The van der Waals surface area contributed by atoms with Crippen molar-refractivity contribution < 1.29 is 4.79 Å². The van der Waals surface area contributed by atoms with Gasteiger partial charge >= 0.3 is 0 Å². The number of nitrogens with two attached hydrogens (primary N) is 1. The van der Waals surface area contributed by atoms with Crippen LogP contribution in [0, 0.1) is 5.92 Å². The van der Waals surface area contributed by atoms with E-state index in [0.29, 0.717) is 0 Å². The first-order valence-corrected chi connectivity index (χ1v) is 7.11. The Morgan fingerprint density at radius 1 is 1.65 bits per heavy atom. The molecule has 0 radical (unpaired) electrons. The summed E-state index contributed by atoms with van der Waals surface area (Å²) in [5, 5.41) is 2.10. The molecule has 2 unspecified atom stereocenters. The summed E-state index contributed by atoms with van der Waals surface area (Å²) >= 11 is 1.79. The number of fused-ring (bicyclic) bond motifs is 1. The van der Waals surface area contributed by atoms with E-state index in [1.54, 1.807) is 11.3 Å². The molecule has 0 aromatic carbocycles. The molecule has 1 amide bonds. The minimum atomic E-state index is -0.347. The summed E-state index contributed by atoms with van der Waals surface area (Å²) in [6.45, 7) is 5.67. The Morgan fingerprint density at radius 3 is 3.12 bits per heavy atom. The van der Waals surface area contributed by atoms with Crippen LogP contribution in [0.5, 0.6) is 0 Å². The van der Waals surface area contributed by atoms with E-state index in [2.05, 4.69) is 18.4 Å². The van der Waals surface area contributed by atoms with Gasteiger partial charge in [-0.3, -0.25) is 4.79 Å². The van der Waals surface area contributed by atoms with Crippen molar-refractivity contribution in [3.05, 3.63) is 21.9 Å². The third kappa shape index (κ3) is 2.53. The van der Waals surface area contributed by atoms with Crippen LogP contribution in [-0.4, -0.2) is 23.4 Å². The Hall–Kier alpha value is -0.870. The second-order valence-electron chi connectivity index (χ2n) is 4.79. The molecule has 0 fully saturated rings. The maximum atomic E-state index is 12.2. The third-order valence-electron chi connectivity index (χ3n) is 3.66. The van der Waals surface area contributed by atoms with Crippen LogP contribution < -0.4 is 5.73 Å². The van der Waals surface area contributed by atoms with Crippen LogP contribution in [0.4, 0.5) is 0 Å². The van der Waals surface area contributed by atoms with Gasteiger partial charge in [-0.15, -0.1) is 11.3 Å². The van der Waals surface area contributed by atoms with Crippen molar-refractivity contribution in [1.82, 2.24) is 4.90 Å². The molecule has 0 aliphatic carbocycles. The number of amides is 1. The molecule has 0 spiro atoms. The number of carbonyl (C=O) groups excluding carboxylic acids is 1. The van der Waals surface area contributed by atoms with E-state index in [1.165, 1.54) is 10.4 Å². The number of hydrogen-bond donors (Lipinski definition) is 1. The lowest BCUT2D eigenvalue weighted by molar-refractivity contribution is -0.134. The predicted molar refractivity (Wildman–Crippen MR) is 70.9 cm³/mol. The zero-order chi connectivity index (χ0) is 12.4. The summed E-state index contributed by atoms with van der Waals surface area (Å²) < 4.78 is 0. The van der Waals surface area contributed by atoms with Crippen molar-refractivity contribution in [2.24, 2.45) is 11.7 Å².